The van der Waals surface area contributed by atoms with Gasteiger partial charge in [0, 0.05) is 6.08 Å². The second-order valence-corrected chi connectivity index (χ2v) is 7.52. The molecular formula is C20H33N. The Balaban J connectivity index is 1.58. The predicted octanol–water partition coefficient (Wildman–Crippen LogP) is 6.26. The molecule has 0 amide bonds. The molecule has 118 valence electrons. The Morgan fingerprint density at radius 2 is 1.29 bits per heavy atom. The number of nitriles is 1. The number of hydrogen-bond acceptors (Lipinski definition) is 1. The first-order valence-electron chi connectivity index (χ1n) is 9.38. The molecule has 0 aromatic rings. The average Bonchev–Trinajstić information content (AvgIpc) is 2.53. The number of allylic oxidation sites excluding steroid dienone is 2. The Morgan fingerprint density at radius 3 is 1.76 bits per heavy atom. The molecule has 1 nitrogen and oxygen atoms in total. The van der Waals surface area contributed by atoms with Crippen molar-refractivity contribution in [2.24, 2.45) is 23.7 Å². The Bertz CT molecular complexity index is 335. The number of rotatable bonds is 6. The van der Waals surface area contributed by atoms with E-state index in [1.165, 1.54) is 77.0 Å². The molecule has 0 atom stereocenters. The topological polar surface area (TPSA) is 23.8 Å². The van der Waals surface area contributed by atoms with E-state index < -0.39 is 0 Å². The number of nitrogens with zero attached hydrogens (tertiary/aromatic N) is 1. The minimum absolute atomic E-state index is 0.686. The van der Waals surface area contributed by atoms with Crippen molar-refractivity contribution >= 4 is 0 Å². The zero-order valence-electron chi connectivity index (χ0n) is 13.9. The van der Waals surface area contributed by atoms with Gasteiger partial charge in [0.25, 0.3) is 0 Å². The Kier molecular flexibility index (Phi) is 7.34. The molecule has 2 rings (SSSR count). The van der Waals surface area contributed by atoms with Gasteiger partial charge in [0.1, 0.15) is 0 Å². The first kappa shape index (κ1) is 16.6. The molecule has 0 saturated heterocycles. The average molecular weight is 287 g/mol. The fraction of sp³-hybridized carbons (Fsp3) is 0.850. The van der Waals surface area contributed by atoms with Crippen LogP contribution in [-0.4, -0.2) is 0 Å². The van der Waals surface area contributed by atoms with Gasteiger partial charge in [0.2, 0.25) is 0 Å². The molecule has 2 aliphatic rings. The summed E-state index contributed by atoms with van der Waals surface area (Å²) in [5.41, 5.74) is 0. The highest BCUT2D eigenvalue weighted by molar-refractivity contribution is 5.04. The highest BCUT2D eigenvalue weighted by Crippen LogP contribution is 2.37. The van der Waals surface area contributed by atoms with Crippen LogP contribution >= 0.6 is 0 Å². The SMILES string of the molecule is CCCC1CCC(CCC2CCC(/C=C/C#N)CC2)CC1. The maximum Gasteiger partial charge on any atom is 0.0908 e. The second-order valence-electron chi connectivity index (χ2n) is 7.52. The van der Waals surface area contributed by atoms with Crippen molar-refractivity contribution in [3.05, 3.63) is 12.2 Å². The van der Waals surface area contributed by atoms with Crippen molar-refractivity contribution in [1.82, 2.24) is 0 Å². The standard InChI is InChI=1S/C20H33N/c1-2-4-17-6-10-19(11-7-17)14-15-20-12-8-18(9-13-20)5-3-16-21/h3,5,17-20H,2,4,6-15H2,1H3/b5-3+. The van der Waals surface area contributed by atoms with Crippen LogP contribution in [0.1, 0.15) is 84.0 Å². The van der Waals surface area contributed by atoms with E-state index in [1.54, 1.807) is 6.08 Å². The molecule has 21 heavy (non-hydrogen) atoms. The summed E-state index contributed by atoms with van der Waals surface area (Å²) in [5, 5.41) is 8.59. The van der Waals surface area contributed by atoms with Gasteiger partial charge in [-0.15, -0.1) is 0 Å². The summed E-state index contributed by atoms with van der Waals surface area (Å²) in [7, 11) is 0. The second kappa shape index (κ2) is 9.29. The van der Waals surface area contributed by atoms with Crippen molar-refractivity contribution in [3.63, 3.8) is 0 Å². The van der Waals surface area contributed by atoms with E-state index in [0.29, 0.717) is 5.92 Å². The number of hydrogen-bond donors (Lipinski definition) is 0. The first-order chi connectivity index (χ1) is 10.3. The van der Waals surface area contributed by atoms with Crippen molar-refractivity contribution < 1.29 is 0 Å². The van der Waals surface area contributed by atoms with Gasteiger partial charge in [-0.05, 0) is 49.4 Å². The Morgan fingerprint density at radius 1 is 0.810 bits per heavy atom. The lowest BCUT2D eigenvalue weighted by Crippen LogP contribution is -2.17. The molecule has 0 N–H and O–H groups in total. The quantitative estimate of drug-likeness (QED) is 0.529. The molecule has 0 bridgehead atoms. The van der Waals surface area contributed by atoms with Crippen LogP contribution in [-0.2, 0) is 0 Å². The van der Waals surface area contributed by atoms with Crippen LogP contribution in [0, 0.1) is 35.0 Å². The van der Waals surface area contributed by atoms with Crippen molar-refractivity contribution in [3.8, 4) is 6.07 Å². The normalized spacial score (nSPS) is 33.9. The third-order valence-corrected chi connectivity index (χ3v) is 5.98. The van der Waals surface area contributed by atoms with Gasteiger partial charge in [-0.1, -0.05) is 64.4 Å². The maximum absolute atomic E-state index is 8.59. The van der Waals surface area contributed by atoms with E-state index in [2.05, 4.69) is 19.1 Å². The van der Waals surface area contributed by atoms with E-state index >= 15 is 0 Å². The van der Waals surface area contributed by atoms with Gasteiger partial charge >= 0.3 is 0 Å². The van der Waals surface area contributed by atoms with Gasteiger partial charge in [-0.2, -0.15) is 5.26 Å². The lowest BCUT2D eigenvalue weighted by Gasteiger charge is -2.31. The van der Waals surface area contributed by atoms with Crippen LogP contribution in [0.4, 0.5) is 0 Å². The molecule has 2 aliphatic carbocycles. The van der Waals surface area contributed by atoms with Crippen LogP contribution in [0.15, 0.2) is 12.2 Å². The van der Waals surface area contributed by atoms with Crippen LogP contribution in [0.2, 0.25) is 0 Å². The summed E-state index contributed by atoms with van der Waals surface area (Å²) in [6.07, 6.45) is 21.0. The lowest BCUT2D eigenvalue weighted by atomic mass is 9.75. The largest absolute Gasteiger partial charge is 0.193 e. The molecule has 0 aliphatic heterocycles. The van der Waals surface area contributed by atoms with Gasteiger partial charge in [0.15, 0.2) is 0 Å². The predicted molar refractivity (Wildman–Crippen MR) is 89.8 cm³/mol. The molecule has 0 unspecified atom stereocenters. The third kappa shape index (κ3) is 5.85. The molecule has 0 heterocycles. The highest BCUT2D eigenvalue weighted by Gasteiger charge is 2.23. The Hall–Kier alpha value is -0.770. The van der Waals surface area contributed by atoms with Gasteiger partial charge < -0.3 is 0 Å². The van der Waals surface area contributed by atoms with Crippen molar-refractivity contribution in [2.45, 2.75) is 84.0 Å². The molecule has 0 aromatic carbocycles. The summed E-state index contributed by atoms with van der Waals surface area (Å²) in [4.78, 5) is 0. The van der Waals surface area contributed by atoms with Gasteiger partial charge in [-0.25, -0.2) is 0 Å². The maximum atomic E-state index is 8.59. The zero-order chi connectivity index (χ0) is 14.9. The molecule has 1 heteroatoms. The van der Waals surface area contributed by atoms with Gasteiger partial charge in [0.05, 0.1) is 6.07 Å². The summed E-state index contributed by atoms with van der Waals surface area (Å²) in [6.45, 7) is 2.33. The minimum Gasteiger partial charge on any atom is -0.193 e. The summed E-state index contributed by atoms with van der Waals surface area (Å²) in [5.74, 6) is 3.75. The molecule has 0 aromatic heterocycles. The molecule has 2 saturated carbocycles. The van der Waals surface area contributed by atoms with E-state index in [-0.39, 0.29) is 0 Å². The zero-order valence-corrected chi connectivity index (χ0v) is 13.9. The monoisotopic (exact) mass is 287 g/mol. The minimum atomic E-state index is 0.686. The molecule has 0 spiro atoms. The van der Waals surface area contributed by atoms with Crippen LogP contribution in [0.5, 0.6) is 0 Å². The highest BCUT2D eigenvalue weighted by atomic mass is 14.3. The summed E-state index contributed by atoms with van der Waals surface area (Å²) in [6, 6.07) is 2.13. The first-order valence-corrected chi connectivity index (χ1v) is 9.38. The summed E-state index contributed by atoms with van der Waals surface area (Å²) >= 11 is 0. The lowest BCUT2D eigenvalue weighted by molar-refractivity contribution is 0.221. The summed E-state index contributed by atoms with van der Waals surface area (Å²) < 4.78 is 0. The Labute approximate surface area is 131 Å². The van der Waals surface area contributed by atoms with E-state index in [9.17, 15) is 0 Å². The molecule has 0 radical (unpaired) electrons. The van der Waals surface area contributed by atoms with Crippen LogP contribution < -0.4 is 0 Å². The molecule has 2 fully saturated rings. The van der Waals surface area contributed by atoms with E-state index in [4.69, 9.17) is 5.26 Å². The van der Waals surface area contributed by atoms with Crippen LogP contribution in [0.25, 0.3) is 0 Å². The fourth-order valence-electron chi connectivity index (χ4n) is 4.54. The third-order valence-electron chi connectivity index (χ3n) is 5.98. The van der Waals surface area contributed by atoms with Crippen molar-refractivity contribution in [1.29, 1.82) is 5.26 Å². The van der Waals surface area contributed by atoms with Gasteiger partial charge in [-0.3, -0.25) is 0 Å². The fourth-order valence-corrected chi connectivity index (χ4v) is 4.54. The van der Waals surface area contributed by atoms with E-state index in [1.807, 2.05) is 0 Å². The van der Waals surface area contributed by atoms with E-state index in [0.717, 1.165) is 17.8 Å². The smallest absolute Gasteiger partial charge is 0.0908 e. The van der Waals surface area contributed by atoms with Crippen LogP contribution in [0.3, 0.4) is 0 Å². The van der Waals surface area contributed by atoms with Crippen molar-refractivity contribution in [2.75, 3.05) is 0 Å². The molecular weight excluding hydrogens is 254 g/mol.